The van der Waals surface area contributed by atoms with Crippen molar-refractivity contribution in [3.05, 3.63) is 25.1 Å². The van der Waals surface area contributed by atoms with E-state index >= 15 is 0 Å². The topological polar surface area (TPSA) is 38.9 Å². The molecule has 1 aromatic heterocycles. The average Bonchev–Trinajstić information content (AvgIpc) is 2.03. The van der Waals surface area contributed by atoms with Crippen LogP contribution in [0.4, 0.5) is 0 Å². The van der Waals surface area contributed by atoms with Gasteiger partial charge in [0.25, 0.3) is 0 Å². The van der Waals surface area contributed by atoms with Gasteiger partial charge in [0.15, 0.2) is 0 Å². The third-order valence-electron chi connectivity index (χ3n) is 1.96. The van der Waals surface area contributed by atoms with Crippen LogP contribution in [0.2, 0.25) is 0 Å². The fourth-order valence-corrected chi connectivity index (χ4v) is 3.26. The zero-order valence-corrected chi connectivity index (χ0v) is 12.0. The quantitative estimate of drug-likeness (QED) is 0.773. The second-order valence-electron chi connectivity index (χ2n) is 3.57. The number of pyridine rings is 1. The summed E-state index contributed by atoms with van der Waals surface area (Å²) in [4.78, 5) is 4.43. The third-order valence-corrected chi connectivity index (χ3v) is 3.37. The zero-order valence-electron chi connectivity index (χ0n) is 7.64. The molecule has 0 saturated carbocycles. The van der Waals surface area contributed by atoms with Crippen molar-refractivity contribution >= 4 is 45.2 Å². The number of halogens is 2. The van der Waals surface area contributed by atoms with Crippen LogP contribution in [0.3, 0.4) is 0 Å². The van der Waals surface area contributed by atoms with Gasteiger partial charge in [-0.3, -0.25) is 4.98 Å². The molecule has 4 heteroatoms. The van der Waals surface area contributed by atoms with Gasteiger partial charge in [-0.25, -0.2) is 0 Å². The van der Waals surface area contributed by atoms with Gasteiger partial charge in [-0.2, -0.15) is 0 Å². The van der Waals surface area contributed by atoms with Crippen molar-refractivity contribution < 1.29 is 0 Å². The number of hydrogen-bond acceptors (Lipinski definition) is 2. The van der Waals surface area contributed by atoms with Crippen LogP contribution in [-0.2, 0) is 5.41 Å². The highest BCUT2D eigenvalue weighted by molar-refractivity contribution is 14.1. The van der Waals surface area contributed by atoms with Gasteiger partial charge >= 0.3 is 0 Å². The fourth-order valence-electron chi connectivity index (χ4n) is 1.01. The SMILES string of the molecule is CC(C)(CN)c1ncc(I)cc1I. The molecule has 72 valence electrons. The summed E-state index contributed by atoms with van der Waals surface area (Å²) in [6.07, 6.45) is 1.88. The summed E-state index contributed by atoms with van der Waals surface area (Å²) >= 11 is 4.58. The monoisotopic (exact) mass is 402 g/mol. The van der Waals surface area contributed by atoms with Crippen LogP contribution in [0, 0.1) is 7.14 Å². The normalized spacial score (nSPS) is 11.8. The van der Waals surface area contributed by atoms with E-state index in [4.69, 9.17) is 5.73 Å². The van der Waals surface area contributed by atoms with Gasteiger partial charge in [0.05, 0.1) is 5.69 Å². The minimum absolute atomic E-state index is 0.0269. The predicted octanol–water partition coefficient (Wildman–Crippen LogP) is 2.53. The molecule has 0 aliphatic rings. The number of aromatic nitrogens is 1. The van der Waals surface area contributed by atoms with E-state index in [0.29, 0.717) is 6.54 Å². The molecule has 1 rings (SSSR count). The van der Waals surface area contributed by atoms with E-state index in [9.17, 15) is 0 Å². The van der Waals surface area contributed by atoms with Crippen molar-refractivity contribution in [1.29, 1.82) is 0 Å². The minimum Gasteiger partial charge on any atom is -0.330 e. The van der Waals surface area contributed by atoms with Gasteiger partial charge in [0, 0.05) is 25.3 Å². The van der Waals surface area contributed by atoms with E-state index in [1.165, 1.54) is 7.14 Å². The molecule has 0 aliphatic carbocycles. The van der Waals surface area contributed by atoms with Crippen LogP contribution in [0.15, 0.2) is 12.3 Å². The largest absolute Gasteiger partial charge is 0.330 e. The average molecular weight is 402 g/mol. The van der Waals surface area contributed by atoms with Crippen LogP contribution in [0.1, 0.15) is 19.5 Å². The summed E-state index contributed by atoms with van der Waals surface area (Å²) in [6, 6.07) is 2.13. The first-order valence-electron chi connectivity index (χ1n) is 3.99. The van der Waals surface area contributed by atoms with E-state index in [0.717, 1.165) is 5.69 Å². The second-order valence-corrected chi connectivity index (χ2v) is 5.98. The Morgan fingerprint density at radius 3 is 2.54 bits per heavy atom. The minimum atomic E-state index is -0.0269. The first kappa shape index (κ1) is 11.6. The van der Waals surface area contributed by atoms with E-state index in [-0.39, 0.29) is 5.41 Å². The lowest BCUT2D eigenvalue weighted by molar-refractivity contribution is 0.518. The van der Waals surface area contributed by atoms with E-state index in [1.807, 2.05) is 6.20 Å². The summed E-state index contributed by atoms with van der Waals surface area (Å²) in [5.41, 5.74) is 6.77. The number of rotatable bonds is 2. The summed E-state index contributed by atoms with van der Waals surface area (Å²) in [5, 5.41) is 0. The first-order valence-corrected chi connectivity index (χ1v) is 6.15. The Balaban J connectivity index is 3.16. The summed E-state index contributed by atoms with van der Waals surface area (Å²) < 4.78 is 2.36. The molecule has 1 aromatic rings. The Labute approximate surface area is 106 Å². The molecule has 0 saturated heterocycles. The maximum atomic E-state index is 5.70. The molecule has 0 unspecified atom stereocenters. The van der Waals surface area contributed by atoms with Crippen molar-refractivity contribution in [2.75, 3.05) is 6.54 Å². The van der Waals surface area contributed by atoms with Crippen LogP contribution < -0.4 is 5.73 Å². The first-order chi connectivity index (χ1) is 5.97. The van der Waals surface area contributed by atoms with Gasteiger partial charge in [0.2, 0.25) is 0 Å². The molecule has 0 aromatic carbocycles. The lowest BCUT2D eigenvalue weighted by Crippen LogP contribution is -2.30. The van der Waals surface area contributed by atoms with Crippen molar-refractivity contribution in [3.8, 4) is 0 Å². The smallest absolute Gasteiger partial charge is 0.0606 e. The molecule has 0 aliphatic heterocycles. The van der Waals surface area contributed by atoms with Gasteiger partial charge in [-0.1, -0.05) is 13.8 Å². The van der Waals surface area contributed by atoms with E-state index < -0.39 is 0 Å². The Kier molecular flexibility index (Phi) is 3.94. The molecule has 2 nitrogen and oxygen atoms in total. The second kappa shape index (κ2) is 4.39. The highest BCUT2D eigenvalue weighted by atomic mass is 127. The van der Waals surface area contributed by atoms with Crippen LogP contribution in [-0.4, -0.2) is 11.5 Å². The van der Waals surface area contributed by atoms with Gasteiger partial charge in [-0.05, 0) is 51.2 Å². The van der Waals surface area contributed by atoms with Gasteiger partial charge < -0.3 is 5.73 Å². The Morgan fingerprint density at radius 2 is 2.08 bits per heavy atom. The Hall–Kier alpha value is 0.570. The van der Waals surface area contributed by atoms with E-state index in [1.54, 1.807) is 0 Å². The molecule has 0 atom stereocenters. The molecule has 1 heterocycles. The van der Waals surface area contributed by atoms with Gasteiger partial charge in [0.1, 0.15) is 0 Å². The van der Waals surface area contributed by atoms with Gasteiger partial charge in [-0.15, -0.1) is 0 Å². The maximum absolute atomic E-state index is 5.70. The maximum Gasteiger partial charge on any atom is 0.0606 e. The standard InChI is InChI=1S/C9H12I2N2/c1-9(2,5-12)8-7(11)3-6(10)4-13-8/h3-4H,5,12H2,1-2H3. The molecule has 2 N–H and O–H groups in total. The Bertz CT molecular complexity index is 310. The molecule has 0 spiro atoms. The number of hydrogen-bond donors (Lipinski definition) is 1. The van der Waals surface area contributed by atoms with Crippen molar-refractivity contribution in [1.82, 2.24) is 4.98 Å². The lowest BCUT2D eigenvalue weighted by atomic mass is 9.89. The van der Waals surface area contributed by atoms with Crippen LogP contribution in [0.25, 0.3) is 0 Å². The fraction of sp³-hybridized carbons (Fsp3) is 0.444. The molecule has 13 heavy (non-hydrogen) atoms. The molecule has 0 radical (unpaired) electrons. The highest BCUT2D eigenvalue weighted by Crippen LogP contribution is 2.25. The Morgan fingerprint density at radius 1 is 1.46 bits per heavy atom. The predicted molar refractivity (Wildman–Crippen MR) is 71.8 cm³/mol. The lowest BCUT2D eigenvalue weighted by Gasteiger charge is -2.22. The number of nitrogens with two attached hydrogens (primary N) is 1. The zero-order chi connectivity index (χ0) is 10.1. The third kappa shape index (κ3) is 2.76. The number of nitrogens with zero attached hydrogens (tertiary/aromatic N) is 1. The van der Waals surface area contributed by atoms with Crippen LogP contribution >= 0.6 is 45.2 Å². The van der Waals surface area contributed by atoms with Crippen molar-refractivity contribution in [3.63, 3.8) is 0 Å². The van der Waals surface area contributed by atoms with Crippen molar-refractivity contribution in [2.45, 2.75) is 19.3 Å². The molecular weight excluding hydrogens is 390 g/mol. The molecule has 0 amide bonds. The summed E-state index contributed by atoms with van der Waals surface area (Å²) in [6.45, 7) is 4.85. The summed E-state index contributed by atoms with van der Waals surface area (Å²) in [7, 11) is 0. The molecular formula is C9H12I2N2. The molecule has 0 fully saturated rings. The van der Waals surface area contributed by atoms with E-state index in [2.05, 4.69) is 70.1 Å². The highest BCUT2D eigenvalue weighted by Gasteiger charge is 2.22. The van der Waals surface area contributed by atoms with Crippen molar-refractivity contribution in [2.24, 2.45) is 5.73 Å². The summed E-state index contributed by atoms with van der Waals surface area (Å²) in [5.74, 6) is 0. The van der Waals surface area contributed by atoms with Crippen LogP contribution in [0.5, 0.6) is 0 Å². The molecule has 0 bridgehead atoms.